The molecule has 114 valence electrons. The first-order chi connectivity index (χ1) is 10.5. The molecular formula is C17H18N2O3. The largest absolute Gasteiger partial charge is 0.467 e. The van der Waals surface area contributed by atoms with Gasteiger partial charge in [-0.15, -0.1) is 6.58 Å². The van der Waals surface area contributed by atoms with E-state index in [2.05, 4.69) is 16.9 Å². The highest BCUT2D eigenvalue weighted by Crippen LogP contribution is 2.16. The van der Waals surface area contributed by atoms with E-state index in [4.69, 9.17) is 4.74 Å². The molecule has 2 aromatic rings. The minimum atomic E-state index is -0.748. The van der Waals surface area contributed by atoms with Gasteiger partial charge in [-0.1, -0.05) is 23.8 Å². The molecule has 0 saturated heterocycles. The third-order valence-electron chi connectivity index (χ3n) is 3.24. The van der Waals surface area contributed by atoms with Gasteiger partial charge in [0.2, 0.25) is 0 Å². The standard InChI is InChI=1S/C17H18N2O3/c1-11(2)10-15(17(21)22-3)19-16(20)13-8-9-18-14-7-5-4-6-12(13)14/h4-9,15H,1,10H2,2-3H3,(H,19,20)/t15-/m1/s1. The molecule has 22 heavy (non-hydrogen) atoms. The number of carbonyl (C=O) groups excluding carboxylic acids is 2. The smallest absolute Gasteiger partial charge is 0.328 e. The van der Waals surface area contributed by atoms with Gasteiger partial charge in [0.1, 0.15) is 6.04 Å². The van der Waals surface area contributed by atoms with E-state index in [1.165, 1.54) is 7.11 Å². The third kappa shape index (κ3) is 3.49. The van der Waals surface area contributed by atoms with Crippen LogP contribution < -0.4 is 5.32 Å². The molecule has 0 saturated carbocycles. The summed E-state index contributed by atoms with van der Waals surface area (Å²) >= 11 is 0. The maximum atomic E-state index is 12.5. The number of nitrogens with one attached hydrogen (secondary N) is 1. The molecule has 1 aromatic heterocycles. The minimum absolute atomic E-state index is 0.335. The average Bonchev–Trinajstić information content (AvgIpc) is 2.52. The number of nitrogens with zero attached hydrogens (tertiary/aromatic N) is 1. The second-order valence-corrected chi connectivity index (χ2v) is 5.09. The Morgan fingerprint density at radius 1 is 1.32 bits per heavy atom. The predicted molar refractivity (Wildman–Crippen MR) is 84.4 cm³/mol. The summed E-state index contributed by atoms with van der Waals surface area (Å²) in [7, 11) is 1.29. The molecule has 0 aliphatic carbocycles. The zero-order valence-electron chi connectivity index (χ0n) is 12.6. The van der Waals surface area contributed by atoms with Gasteiger partial charge in [-0.3, -0.25) is 9.78 Å². The minimum Gasteiger partial charge on any atom is -0.467 e. The lowest BCUT2D eigenvalue weighted by molar-refractivity contribution is -0.142. The molecule has 0 spiro atoms. The number of para-hydroxylation sites is 1. The van der Waals surface area contributed by atoms with Crippen LogP contribution in [0.1, 0.15) is 23.7 Å². The number of benzene rings is 1. The Hall–Kier alpha value is -2.69. The summed E-state index contributed by atoms with van der Waals surface area (Å²) < 4.78 is 4.73. The summed E-state index contributed by atoms with van der Waals surface area (Å²) in [6.07, 6.45) is 1.91. The van der Waals surface area contributed by atoms with E-state index in [9.17, 15) is 9.59 Å². The van der Waals surface area contributed by atoms with Crippen molar-refractivity contribution in [2.45, 2.75) is 19.4 Å². The van der Waals surface area contributed by atoms with Crippen LogP contribution in [-0.2, 0) is 9.53 Å². The Labute approximate surface area is 129 Å². The van der Waals surface area contributed by atoms with E-state index in [0.717, 1.165) is 16.5 Å². The number of amides is 1. The number of hydrogen-bond acceptors (Lipinski definition) is 4. The van der Waals surface area contributed by atoms with Gasteiger partial charge in [0.05, 0.1) is 18.2 Å². The fourth-order valence-electron chi connectivity index (χ4n) is 2.21. The zero-order chi connectivity index (χ0) is 16.1. The van der Waals surface area contributed by atoms with Gasteiger partial charge in [-0.25, -0.2) is 4.79 Å². The monoisotopic (exact) mass is 298 g/mol. The van der Waals surface area contributed by atoms with Gasteiger partial charge < -0.3 is 10.1 Å². The number of esters is 1. The summed E-state index contributed by atoms with van der Waals surface area (Å²) in [4.78, 5) is 28.5. The molecule has 1 aromatic carbocycles. The van der Waals surface area contributed by atoms with Crippen LogP contribution in [0.3, 0.4) is 0 Å². The molecule has 0 bridgehead atoms. The van der Waals surface area contributed by atoms with Crippen LogP contribution in [0.2, 0.25) is 0 Å². The van der Waals surface area contributed by atoms with Crippen LogP contribution in [0, 0.1) is 0 Å². The second kappa shape index (κ2) is 6.85. The van der Waals surface area contributed by atoms with Crippen molar-refractivity contribution in [2.24, 2.45) is 0 Å². The van der Waals surface area contributed by atoms with E-state index in [-0.39, 0.29) is 5.91 Å². The van der Waals surface area contributed by atoms with Gasteiger partial charge in [0.25, 0.3) is 5.91 Å². The number of hydrogen-bond donors (Lipinski definition) is 1. The number of methoxy groups -OCH3 is 1. The van der Waals surface area contributed by atoms with Crippen molar-refractivity contribution in [1.29, 1.82) is 0 Å². The topological polar surface area (TPSA) is 68.3 Å². The van der Waals surface area contributed by atoms with Gasteiger partial charge in [-0.2, -0.15) is 0 Å². The number of rotatable bonds is 5. The zero-order valence-corrected chi connectivity index (χ0v) is 12.6. The van der Waals surface area contributed by atoms with E-state index in [1.807, 2.05) is 24.3 Å². The van der Waals surface area contributed by atoms with Crippen LogP contribution >= 0.6 is 0 Å². The first kappa shape index (κ1) is 15.7. The van der Waals surface area contributed by atoms with E-state index < -0.39 is 12.0 Å². The lowest BCUT2D eigenvalue weighted by Crippen LogP contribution is -2.41. The molecule has 2 rings (SSSR count). The molecule has 0 unspecified atom stereocenters. The van der Waals surface area contributed by atoms with Crippen molar-refractivity contribution in [3.8, 4) is 0 Å². The molecule has 0 aliphatic rings. The fraction of sp³-hybridized carbons (Fsp3) is 0.235. The second-order valence-electron chi connectivity index (χ2n) is 5.09. The number of pyridine rings is 1. The molecule has 0 fully saturated rings. The summed E-state index contributed by atoms with van der Waals surface area (Å²) in [6.45, 7) is 5.57. The van der Waals surface area contributed by atoms with Crippen molar-refractivity contribution >= 4 is 22.8 Å². The molecule has 1 N–H and O–H groups in total. The molecule has 5 heteroatoms. The van der Waals surface area contributed by atoms with Gasteiger partial charge in [0.15, 0.2) is 0 Å². The maximum Gasteiger partial charge on any atom is 0.328 e. The van der Waals surface area contributed by atoms with Gasteiger partial charge in [0, 0.05) is 11.6 Å². The van der Waals surface area contributed by atoms with E-state index in [1.54, 1.807) is 19.2 Å². The molecule has 0 radical (unpaired) electrons. The first-order valence-corrected chi connectivity index (χ1v) is 6.89. The molecular weight excluding hydrogens is 280 g/mol. The summed E-state index contributed by atoms with van der Waals surface area (Å²) in [5.74, 6) is -0.829. The average molecular weight is 298 g/mol. The number of carbonyl (C=O) groups is 2. The number of ether oxygens (including phenoxy) is 1. The maximum absolute atomic E-state index is 12.5. The van der Waals surface area contributed by atoms with Crippen LogP contribution in [0.4, 0.5) is 0 Å². The van der Waals surface area contributed by atoms with Crippen molar-refractivity contribution in [3.63, 3.8) is 0 Å². The molecule has 1 atom stereocenters. The Kier molecular flexibility index (Phi) is 4.88. The van der Waals surface area contributed by atoms with Crippen LogP contribution in [0.25, 0.3) is 10.9 Å². The molecule has 1 amide bonds. The van der Waals surface area contributed by atoms with Crippen LogP contribution in [0.5, 0.6) is 0 Å². The number of aromatic nitrogens is 1. The summed E-state index contributed by atoms with van der Waals surface area (Å²) in [5.41, 5.74) is 1.99. The highest BCUT2D eigenvalue weighted by Gasteiger charge is 2.23. The van der Waals surface area contributed by atoms with Crippen molar-refractivity contribution < 1.29 is 14.3 Å². The Bertz CT molecular complexity index is 719. The van der Waals surface area contributed by atoms with Crippen molar-refractivity contribution in [1.82, 2.24) is 10.3 Å². The van der Waals surface area contributed by atoms with Crippen molar-refractivity contribution in [2.75, 3.05) is 7.11 Å². The summed E-state index contributed by atoms with van der Waals surface area (Å²) in [5, 5.41) is 3.44. The quantitative estimate of drug-likeness (QED) is 0.680. The third-order valence-corrected chi connectivity index (χ3v) is 3.24. The summed E-state index contributed by atoms with van der Waals surface area (Å²) in [6, 6.07) is 8.23. The van der Waals surface area contributed by atoms with Crippen LogP contribution in [0.15, 0.2) is 48.7 Å². The Morgan fingerprint density at radius 2 is 2.05 bits per heavy atom. The SMILES string of the molecule is C=C(C)C[C@@H](NC(=O)c1ccnc2ccccc12)C(=O)OC. The fourth-order valence-corrected chi connectivity index (χ4v) is 2.21. The molecule has 5 nitrogen and oxygen atoms in total. The lowest BCUT2D eigenvalue weighted by atomic mass is 10.1. The highest BCUT2D eigenvalue weighted by atomic mass is 16.5. The Morgan fingerprint density at radius 3 is 2.73 bits per heavy atom. The first-order valence-electron chi connectivity index (χ1n) is 6.89. The van der Waals surface area contributed by atoms with Crippen LogP contribution in [-0.4, -0.2) is 30.0 Å². The Balaban J connectivity index is 2.29. The van der Waals surface area contributed by atoms with E-state index in [0.29, 0.717) is 12.0 Å². The molecule has 0 aliphatic heterocycles. The molecule has 1 heterocycles. The lowest BCUT2D eigenvalue weighted by Gasteiger charge is -2.17. The van der Waals surface area contributed by atoms with Gasteiger partial charge in [-0.05, 0) is 25.5 Å². The predicted octanol–water partition coefficient (Wildman–Crippen LogP) is 2.47. The number of fused-ring (bicyclic) bond motifs is 1. The van der Waals surface area contributed by atoms with Crippen molar-refractivity contribution in [3.05, 3.63) is 54.2 Å². The van der Waals surface area contributed by atoms with Gasteiger partial charge >= 0.3 is 5.97 Å². The van der Waals surface area contributed by atoms with E-state index >= 15 is 0 Å². The highest BCUT2D eigenvalue weighted by molar-refractivity contribution is 6.07. The normalized spacial score (nSPS) is 11.7.